The maximum Gasteiger partial charge on any atom is 0.243 e. The van der Waals surface area contributed by atoms with Gasteiger partial charge in [0.2, 0.25) is 11.8 Å². The molecular weight excluding hydrogens is 280 g/mol. The molecule has 0 unspecified atom stereocenters. The van der Waals surface area contributed by atoms with E-state index in [-0.39, 0.29) is 24.3 Å². The van der Waals surface area contributed by atoms with E-state index in [2.05, 4.69) is 10.6 Å². The summed E-state index contributed by atoms with van der Waals surface area (Å²) in [5.41, 5.74) is 1.35. The molecule has 1 rings (SSSR count). The van der Waals surface area contributed by atoms with Gasteiger partial charge in [-0.2, -0.15) is 0 Å². The number of ether oxygens (including phenoxy) is 1. The number of amides is 2. The van der Waals surface area contributed by atoms with Crippen LogP contribution in [0.4, 0.5) is 5.69 Å². The molecule has 0 saturated carbocycles. The van der Waals surface area contributed by atoms with Crippen molar-refractivity contribution in [2.45, 2.75) is 20.8 Å². The van der Waals surface area contributed by atoms with Gasteiger partial charge in [0.1, 0.15) is 5.75 Å². The van der Waals surface area contributed by atoms with E-state index in [0.717, 1.165) is 5.56 Å². The van der Waals surface area contributed by atoms with Gasteiger partial charge in [0.15, 0.2) is 0 Å². The van der Waals surface area contributed by atoms with Crippen LogP contribution in [-0.4, -0.2) is 25.5 Å². The van der Waals surface area contributed by atoms with E-state index in [1.165, 1.54) is 7.11 Å². The highest BCUT2D eigenvalue weighted by molar-refractivity contribution is 6.31. The molecule has 5 nitrogen and oxygen atoms in total. The third-order valence-corrected chi connectivity index (χ3v) is 3.11. The van der Waals surface area contributed by atoms with E-state index in [1.807, 2.05) is 6.92 Å². The lowest BCUT2D eigenvalue weighted by molar-refractivity contribution is -0.126. The zero-order valence-corrected chi connectivity index (χ0v) is 12.8. The Hall–Kier alpha value is -1.75. The van der Waals surface area contributed by atoms with Crippen molar-refractivity contribution in [3.8, 4) is 5.75 Å². The topological polar surface area (TPSA) is 67.4 Å². The largest absolute Gasteiger partial charge is 0.495 e. The standard InChI is InChI=1S/C14H19ClN2O3/c1-8(2)14(19)16-7-13(18)17-11-5-9(3)10(15)6-12(11)20-4/h5-6,8H,7H2,1-4H3,(H,16,19)(H,17,18). The first-order chi connectivity index (χ1) is 9.35. The fraction of sp³-hybridized carbons (Fsp3) is 0.429. The molecule has 0 heterocycles. The summed E-state index contributed by atoms with van der Waals surface area (Å²) in [5, 5.41) is 5.80. The van der Waals surface area contributed by atoms with Crippen LogP contribution >= 0.6 is 11.6 Å². The minimum Gasteiger partial charge on any atom is -0.495 e. The Morgan fingerprint density at radius 3 is 2.55 bits per heavy atom. The first-order valence-corrected chi connectivity index (χ1v) is 6.64. The van der Waals surface area contributed by atoms with Crippen molar-refractivity contribution >= 4 is 29.1 Å². The Kier molecular flexibility index (Phi) is 5.82. The smallest absolute Gasteiger partial charge is 0.243 e. The molecule has 110 valence electrons. The highest BCUT2D eigenvalue weighted by Crippen LogP contribution is 2.30. The predicted octanol–water partition coefficient (Wildman–Crippen LogP) is 2.37. The molecule has 2 N–H and O–H groups in total. The van der Waals surface area contributed by atoms with E-state index in [0.29, 0.717) is 16.5 Å². The number of hydrogen-bond acceptors (Lipinski definition) is 3. The van der Waals surface area contributed by atoms with Gasteiger partial charge in [-0.25, -0.2) is 0 Å². The Labute approximate surface area is 123 Å². The molecule has 1 aromatic carbocycles. The van der Waals surface area contributed by atoms with E-state index >= 15 is 0 Å². The normalized spacial score (nSPS) is 10.3. The van der Waals surface area contributed by atoms with Crippen LogP contribution in [0.2, 0.25) is 5.02 Å². The Bertz CT molecular complexity index is 515. The number of halogens is 1. The molecule has 0 spiro atoms. The fourth-order valence-electron chi connectivity index (χ4n) is 1.50. The fourth-order valence-corrected chi connectivity index (χ4v) is 1.65. The average molecular weight is 299 g/mol. The van der Waals surface area contributed by atoms with Gasteiger partial charge in [0, 0.05) is 17.0 Å². The van der Waals surface area contributed by atoms with Crippen LogP contribution in [0.3, 0.4) is 0 Å². The molecule has 1 aromatic rings. The van der Waals surface area contributed by atoms with Crippen molar-refractivity contribution in [2.75, 3.05) is 19.0 Å². The molecule has 0 fully saturated rings. The Morgan fingerprint density at radius 2 is 2.00 bits per heavy atom. The lowest BCUT2D eigenvalue weighted by Crippen LogP contribution is -2.35. The molecule has 6 heteroatoms. The number of nitrogens with one attached hydrogen (secondary N) is 2. The van der Waals surface area contributed by atoms with Crippen molar-refractivity contribution < 1.29 is 14.3 Å². The van der Waals surface area contributed by atoms with Crippen LogP contribution in [0, 0.1) is 12.8 Å². The van der Waals surface area contributed by atoms with Gasteiger partial charge in [0.25, 0.3) is 0 Å². The number of anilines is 1. The highest BCUT2D eigenvalue weighted by Gasteiger charge is 2.12. The minimum atomic E-state index is -0.320. The van der Waals surface area contributed by atoms with E-state index < -0.39 is 0 Å². The summed E-state index contributed by atoms with van der Waals surface area (Å²) in [5.74, 6) is -0.169. The second-order valence-electron chi connectivity index (χ2n) is 4.72. The third-order valence-electron chi connectivity index (χ3n) is 2.70. The van der Waals surface area contributed by atoms with Crippen molar-refractivity contribution in [1.29, 1.82) is 0 Å². The number of methoxy groups -OCH3 is 1. The number of rotatable bonds is 5. The molecule has 0 atom stereocenters. The summed E-state index contributed by atoms with van der Waals surface area (Å²) in [6, 6.07) is 3.36. The van der Waals surface area contributed by atoms with Gasteiger partial charge in [-0.15, -0.1) is 0 Å². The summed E-state index contributed by atoms with van der Waals surface area (Å²) < 4.78 is 5.16. The zero-order valence-electron chi connectivity index (χ0n) is 12.0. The molecule has 0 aromatic heterocycles. The summed E-state index contributed by atoms with van der Waals surface area (Å²) in [6.45, 7) is 5.28. The molecule has 0 aliphatic heterocycles. The summed E-state index contributed by atoms with van der Waals surface area (Å²) in [7, 11) is 1.50. The summed E-state index contributed by atoms with van der Waals surface area (Å²) in [4.78, 5) is 23.2. The summed E-state index contributed by atoms with van der Waals surface area (Å²) in [6.07, 6.45) is 0. The van der Waals surface area contributed by atoms with Gasteiger partial charge in [-0.3, -0.25) is 9.59 Å². The maximum atomic E-state index is 11.8. The molecule has 0 aliphatic rings. The summed E-state index contributed by atoms with van der Waals surface area (Å²) >= 11 is 5.99. The molecule has 0 bridgehead atoms. The lowest BCUT2D eigenvalue weighted by Gasteiger charge is -2.13. The average Bonchev–Trinajstić information content (AvgIpc) is 2.39. The van der Waals surface area contributed by atoms with Crippen LogP contribution in [0.1, 0.15) is 19.4 Å². The van der Waals surface area contributed by atoms with E-state index in [4.69, 9.17) is 16.3 Å². The molecule has 2 amide bonds. The van der Waals surface area contributed by atoms with Crippen LogP contribution < -0.4 is 15.4 Å². The van der Waals surface area contributed by atoms with E-state index in [1.54, 1.807) is 26.0 Å². The number of hydrogen-bond donors (Lipinski definition) is 2. The van der Waals surface area contributed by atoms with Gasteiger partial charge in [-0.1, -0.05) is 25.4 Å². The SMILES string of the molecule is COc1cc(Cl)c(C)cc1NC(=O)CNC(=O)C(C)C. The van der Waals surface area contributed by atoms with Crippen LogP contribution in [0.15, 0.2) is 12.1 Å². The zero-order chi connectivity index (χ0) is 15.3. The minimum absolute atomic E-state index is 0.0815. The van der Waals surface area contributed by atoms with Crippen molar-refractivity contribution in [1.82, 2.24) is 5.32 Å². The van der Waals surface area contributed by atoms with Crippen LogP contribution in [0.25, 0.3) is 0 Å². The molecule has 0 aliphatic carbocycles. The van der Waals surface area contributed by atoms with Crippen molar-refractivity contribution in [2.24, 2.45) is 5.92 Å². The van der Waals surface area contributed by atoms with Crippen LogP contribution in [-0.2, 0) is 9.59 Å². The number of carbonyl (C=O) groups is 2. The number of benzene rings is 1. The number of carbonyl (C=O) groups excluding carboxylic acids is 2. The van der Waals surface area contributed by atoms with Crippen molar-refractivity contribution in [3.05, 3.63) is 22.7 Å². The first-order valence-electron chi connectivity index (χ1n) is 6.26. The Morgan fingerprint density at radius 1 is 1.35 bits per heavy atom. The maximum absolute atomic E-state index is 11.8. The molecule has 20 heavy (non-hydrogen) atoms. The predicted molar refractivity (Wildman–Crippen MR) is 79.2 cm³/mol. The van der Waals surface area contributed by atoms with Gasteiger partial charge in [-0.05, 0) is 18.6 Å². The van der Waals surface area contributed by atoms with Gasteiger partial charge >= 0.3 is 0 Å². The highest BCUT2D eigenvalue weighted by atomic mass is 35.5. The molecule has 0 radical (unpaired) electrons. The molecular formula is C14H19ClN2O3. The van der Waals surface area contributed by atoms with Crippen molar-refractivity contribution in [3.63, 3.8) is 0 Å². The quantitative estimate of drug-likeness (QED) is 0.877. The third kappa shape index (κ3) is 4.42. The van der Waals surface area contributed by atoms with Gasteiger partial charge in [0.05, 0.1) is 19.3 Å². The second kappa shape index (κ2) is 7.14. The monoisotopic (exact) mass is 298 g/mol. The second-order valence-corrected chi connectivity index (χ2v) is 5.13. The first kappa shape index (κ1) is 16.3. The number of aryl methyl sites for hydroxylation is 1. The molecule has 0 saturated heterocycles. The Balaban J connectivity index is 2.71. The van der Waals surface area contributed by atoms with Crippen LogP contribution in [0.5, 0.6) is 5.75 Å². The van der Waals surface area contributed by atoms with E-state index in [9.17, 15) is 9.59 Å². The van der Waals surface area contributed by atoms with Gasteiger partial charge < -0.3 is 15.4 Å². The lowest BCUT2D eigenvalue weighted by atomic mass is 10.2.